The van der Waals surface area contributed by atoms with Crippen LogP contribution in [0.4, 0.5) is 11.4 Å². The van der Waals surface area contributed by atoms with Gasteiger partial charge >= 0.3 is 0 Å². The van der Waals surface area contributed by atoms with Crippen molar-refractivity contribution in [2.24, 2.45) is 9.98 Å². The third kappa shape index (κ3) is 7.46. The van der Waals surface area contributed by atoms with Gasteiger partial charge in [-0.05, 0) is 55.5 Å². The summed E-state index contributed by atoms with van der Waals surface area (Å²) in [5.74, 6) is 2.68. The van der Waals surface area contributed by atoms with Crippen molar-refractivity contribution in [3.8, 4) is 12.3 Å². The van der Waals surface area contributed by atoms with Crippen LogP contribution < -0.4 is 26.2 Å². The van der Waals surface area contributed by atoms with Crippen LogP contribution in [-0.4, -0.2) is 73.7 Å². The molecule has 41 heavy (non-hydrogen) atoms. The van der Waals surface area contributed by atoms with Crippen LogP contribution >= 0.6 is 0 Å². The lowest BCUT2D eigenvalue weighted by molar-refractivity contribution is -0.116. The lowest BCUT2D eigenvalue weighted by atomic mass is 9.94. The molecule has 1 aromatic carbocycles. The number of nitrogens with zero attached hydrogens (tertiary/aromatic N) is 3. The average molecular weight is 558 g/mol. The molecular formula is C32H43N7O2. The molecular weight excluding hydrogens is 514 g/mol. The fourth-order valence-electron chi connectivity index (χ4n) is 5.50. The highest BCUT2D eigenvalue weighted by atomic mass is 16.3. The number of carbonyl (C=O) groups is 1. The van der Waals surface area contributed by atoms with E-state index in [-0.39, 0.29) is 25.2 Å². The van der Waals surface area contributed by atoms with Crippen molar-refractivity contribution in [3.05, 3.63) is 59.7 Å². The number of nitrogens with one attached hydrogen (secondary N) is 4. The van der Waals surface area contributed by atoms with E-state index in [4.69, 9.17) is 16.4 Å². The largest absolute Gasteiger partial charge is 0.384 e. The Labute approximate surface area is 244 Å². The number of benzene rings is 1. The van der Waals surface area contributed by atoms with Crippen LogP contribution in [0.25, 0.3) is 0 Å². The zero-order valence-electron chi connectivity index (χ0n) is 24.3. The maximum absolute atomic E-state index is 13.2. The number of amidine groups is 1. The van der Waals surface area contributed by atoms with Gasteiger partial charge in [0.15, 0.2) is 0 Å². The quantitative estimate of drug-likeness (QED) is 0.0940. The van der Waals surface area contributed by atoms with Gasteiger partial charge in [0, 0.05) is 56.9 Å². The van der Waals surface area contributed by atoms with Crippen molar-refractivity contribution < 1.29 is 9.90 Å². The Bertz CT molecular complexity index is 1280. The first-order valence-electron chi connectivity index (χ1n) is 14.5. The van der Waals surface area contributed by atoms with E-state index in [2.05, 4.69) is 69.9 Å². The number of allylic oxidation sites excluding steroid dienone is 1. The summed E-state index contributed by atoms with van der Waals surface area (Å²) < 4.78 is 0. The Kier molecular flexibility index (Phi) is 10.4. The fourth-order valence-corrected chi connectivity index (χ4v) is 5.50. The second-order valence-corrected chi connectivity index (χ2v) is 10.6. The first kappa shape index (κ1) is 30.1. The molecule has 2 aliphatic heterocycles. The van der Waals surface area contributed by atoms with E-state index in [1.807, 2.05) is 6.92 Å². The van der Waals surface area contributed by atoms with Crippen LogP contribution in [0.1, 0.15) is 44.6 Å². The van der Waals surface area contributed by atoms with Gasteiger partial charge in [-0.2, -0.15) is 0 Å². The summed E-state index contributed by atoms with van der Waals surface area (Å²) >= 11 is 0. The molecule has 1 aliphatic carbocycles. The lowest BCUT2D eigenvalue weighted by Gasteiger charge is -2.31. The Morgan fingerprint density at radius 3 is 2.90 bits per heavy atom. The summed E-state index contributed by atoms with van der Waals surface area (Å²) in [5, 5.41) is 24.1. The van der Waals surface area contributed by atoms with Crippen LogP contribution in [0.3, 0.4) is 0 Å². The van der Waals surface area contributed by atoms with Gasteiger partial charge in [0.1, 0.15) is 24.3 Å². The van der Waals surface area contributed by atoms with Gasteiger partial charge in [-0.15, -0.1) is 18.9 Å². The molecule has 9 nitrogen and oxygen atoms in total. The van der Waals surface area contributed by atoms with Crippen LogP contribution in [0, 0.1) is 19.3 Å². The van der Waals surface area contributed by atoms with Crippen molar-refractivity contribution in [2.75, 3.05) is 49.6 Å². The van der Waals surface area contributed by atoms with Crippen LogP contribution in [-0.2, 0) is 4.79 Å². The molecule has 2 unspecified atom stereocenters. The summed E-state index contributed by atoms with van der Waals surface area (Å²) in [7, 11) is 0. The number of piperazine rings is 1. The second kappa shape index (κ2) is 14.2. The van der Waals surface area contributed by atoms with Gasteiger partial charge in [0.25, 0.3) is 5.91 Å². The van der Waals surface area contributed by atoms with Crippen LogP contribution in [0.2, 0.25) is 0 Å². The van der Waals surface area contributed by atoms with Gasteiger partial charge in [0.05, 0.1) is 11.3 Å². The molecule has 1 saturated heterocycles. The van der Waals surface area contributed by atoms with E-state index in [1.165, 1.54) is 11.3 Å². The molecule has 3 aliphatic rings. The van der Waals surface area contributed by atoms with E-state index < -0.39 is 5.60 Å². The molecule has 1 aromatic rings. The number of aliphatic hydroxyl groups is 1. The minimum atomic E-state index is -0.913. The van der Waals surface area contributed by atoms with Gasteiger partial charge < -0.3 is 31.3 Å². The predicted molar refractivity (Wildman–Crippen MR) is 168 cm³/mol. The first-order valence-corrected chi connectivity index (χ1v) is 14.5. The number of terminal acetylenes is 1. The number of amides is 1. The predicted octanol–water partition coefficient (Wildman–Crippen LogP) is 3.05. The smallest absolute Gasteiger partial charge is 0.254 e. The first-order chi connectivity index (χ1) is 19.9. The van der Waals surface area contributed by atoms with Gasteiger partial charge in [-0.3, -0.25) is 9.79 Å². The number of carbonyl (C=O) groups excluding carboxylic acids is 1. The third-order valence-electron chi connectivity index (χ3n) is 7.82. The van der Waals surface area contributed by atoms with Crippen LogP contribution in [0.15, 0.2) is 64.1 Å². The zero-order chi connectivity index (χ0) is 29.2. The molecule has 1 saturated carbocycles. The highest BCUT2D eigenvalue weighted by Gasteiger charge is 2.41. The molecule has 0 aromatic heterocycles. The molecule has 0 spiro atoms. The minimum absolute atomic E-state index is 0.236. The normalized spacial score (nSPS) is 22.7. The summed E-state index contributed by atoms with van der Waals surface area (Å²) in [5.41, 5.74) is 4.67. The zero-order valence-corrected chi connectivity index (χ0v) is 24.3. The van der Waals surface area contributed by atoms with E-state index >= 15 is 0 Å². The maximum Gasteiger partial charge on any atom is 0.254 e. The number of anilines is 2. The summed E-state index contributed by atoms with van der Waals surface area (Å²) in [6.07, 6.45) is 13.6. The van der Waals surface area contributed by atoms with Gasteiger partial charge in [-0.25, -0.2) is 4.99 Å². The molecule has 2 atom stereocenters. The highest BCUT2D eigenvalue weighted by Crippen LogP contribution is 2.36. The van der Waals surface area contributed by atoms with Crippen molar-refractivity contribution in [1.29, 1.82) is 0 Å². The van der Waals surface area contributed by atoms with E-state index in [0.717, 1.165) is 49.6 Å². The Morgan fingerprint density at radius 1 is 1.39 bits per heavy atom. The molecule has 218 valence electrons. The maximum atomic E-state index is 13.2. The molecule has 4 rings (SSSR count). The Balaban J connectivity index is 1.56. The average Bonchev–Trinajstić information content (AvgIpc) is 3.32. The van der Waals surface area contributed by atoms with Crippen molar-refractivity contribution >= 4 is 28.8 Å². The Morgan fingerprint density at radius 2 is 2.20 bits per heavy atom. The standard InChI is InChI=1S/C32H43N7O2/c1-5-8-9-26(31(40)34-16-6-2)30(38-28-13-10-24-14-15-32(41,7-3)29(24)37-28)36-22-35-25-11-12-27(23(4)21-25)39-19-17-33-18-20-39/h1,6,9-12,21,28,33,35,41H,2,7-8,13-20,22H2,3-4H3,(H,34,40)(H,36,38)/b26-9+. The highest BCUT2D eigenvalue weighted by molar-refractivity contribution is 6.21. The summed E-state index contributed by atoms with van der Waals surface area (Å²) in [6, 6.07) is 6.33. The fraction of sp³-hybridized carbons (Fsp3) is 0.469. The number of dihydropyridines is 1. The minimum Gasteiger partial charge on any atom is -0.384 e. The van der Waals surface area contributed by atoms with E-state index in [0.29, 0.717) is 37.2 Å². The number of rotatable bonds is 11. The monoisotopic (exact) mass is 557 g/mol. The Hall–Kier alpha value is -3.87. The number of fused-ring (bicyclic) bond motifs is 1. The van der Waals surface area contributed by atoms with E-state index in [1.54, 1.807) is 12.2 Å². The van der Waals surface area contributed by atoms with E-state index in [9.17, 15) is 9.90 Å². The van der Waals surface area contributed by atoms with Crippen molar-refractivity contribution in [2.45, 2.75) is 57.7 Å². The molecule has 5 N–H and O–H groups in total. The number of hydrogen-bond donors (Lipinski definition) is 5. The molecule has 0 bridgehead atoms. The van der Waals surface area contributed by atoms with Gasteiger partial charge in [-0.1, -0.05) is 25.2 Å². The number of aliphatic imine (C=N–C) groups is 2. The van der Waals surface area contributed by atoms with Crippen molar-refractivity contribution in [3.63, 3.8) is 0 Å². The molecule has 1 amide bonds. The SMILES string of the molecule is C#CC/C=C(C(=O)NCC=C)\C(=N/CNc1ccc(N2CCNCC2)c(C)c1)NC1CC=C2CCC(O)(CC)C2=N1. The molecule has 0 radical (unpaired) electrons. The topological polar surface area (TPSA) is 113 Å². The van der Waals surface area contributed by atoms with Gasteiger partial charge in [0.2, 0.25) is 0 Å². The summed E-state index contributed by atoms with van der Waals surface area (Å²) in [6.45, 7) is 12.3. The summed E-state index contributed by atoms with van der Waals surface area (Å²) in [4.78, 5) is 25.2. The second-order valence-electron chi connectivity index (χ2n) is 10.6. The van der Waals surface area contributed by atoms with Crippen molar-refractivity contribution in [1.82, 2.24) is 16.0 Å². The lowest BCUT2D eigenvalue weighted by Crippen LogP contribution is -2.43. The third-order valence-corrected chi connectivity index (χ3v) is 7.82. The number of hydrogen-bond acceptors (Lipinski definition) is 7. The molecule has 9 heteroatoms. The molecule has 2 heterocycles. The molecule has 2 fully saturated rings. The van der Waals surface area contributed by atoms with Crippen LogP contribution in [0.5, 0.6) is 0 Å². The number of aryl methyl sites for hydroxylation is 1.